The third-order valence-electron chi connectivity index (χ3n) is 1.61. The van der Waals surface area contributed by atoms with E-state index < -0.39 is 24.1 Å². The van der Waals surface area contributed by atoms with Crippen LogP contribution in [0.2, 0.25) is 0 Å². The Balaban J connectivity index is 2.89. The van der Waals surface area contributed by atoms with Gasteiger partial charge in [-0.3, -0.25) is 0 Å². The van der Waals surface area contributed by atoms with E-state index >= 15 is 0 Å². The van der Waals surface area contributed by atoms with Crippen LogP contribution in [-0.2, 0) is 11.2 Å². The second-order valence-corrected chi connectivity index (χ2v) is 3.79. The van der Waals surface area contributed by atoms with Crippen LogP contribution in [0.3, 0.4) is 0 Å². The summed E-state index contributed by atoms with van der Waals surface area (Å²) in [7, 11) is 0. The van der Waals surface area contributed by atoms with E-state index in [0.29, 0.717) is 4.88 Å². The van der Waals surface area contributed by atoms with Gasteiger partial charge in [-0.1, -0.05) is 6.07 Å². The summed E-state index contributed by atoms with van der Waals surface area (Å²) in [5.41, 5.74) is -1.04. The number of aliphatic carboxylic acids is 1. The van der Waals surface area contributed by atoms with Gasteiger partial charge < -0.3 is 5.11 Å². The van der Waals surface area contributed by atoms with E-state index in [0.717, 1.165) is 11.3 Å². The minimum absolute atomic E-state index is 0.208. The first-order valence-corrected chi connectivity index (χ1v) is 4.80. The average molecular weight is 236 g/mol. The molecule has 6 heteroatoms. The van der Waals surface area contributed by atoms with Crippen LogP contribution in [0.15, 0.2) is 29.2 Å². The van der Waals surface area contributed by atoms with Gasteiger partial charge in [-0.2, -0.15) is 13.2 Å². The molecule has 0 aliphatic heterocycles. The Morgan fingerprint density at radius 1 is 1.53 bits per heavy atom. The van der Waals surface area contributed by atoms with Gasteiger partial charge in [-0.15, -0.1) is 11.3 Å². The SMILES string of the molecule is O=C(O)/C=C(\Cc1cccs1)C(F)(F)F. The highest BCUT2D eigenvalue weighted by Crippen LogP contribution is 2.29. The van der Waals surface area contributed by atoms with Gasteiger partial charge in [-0.05, 0) is 11.4 Å². The van der Waals surface area contributed by atoms with Gasteiger partial charge in [0.1, 0.15) is 0 Å². The van der Waals surface area contributed by atoms with Crippen LogP contribution in [0, 0.1) is 0 Å². The maximum atomic E-state index is 12.3. The summed E-state index contributed by atoms with van der Waals surface area (Å²) in [5, 5.41) is 9.95. The van der Waals surface area contributed by atoms with Crippen LogP contribution in [0.4, 0.5) is 13.2 Å². The lowest BCUT2D eigenvalue weighted by atomic mass is 10.1. The molecular formula is C9H7F3O2S. The van der Waals surface area contributed by atoms with E-state index in [2.05, 4.69) is 0 Å². The largest absolute Gasteiger partial charge is 0.478 e. The van der Waals surface area contributed by atoms with Gasteiger partial charge in [0.25, 0.3) is 0 Å². The molecule has 82 valence electrons. The summed E-state index contributed by atoms with van der Waals surface area (Å²) in [6.07, 6.45) is -4.78. The van der Waals surface area contributed by atoms with E-state index in [1.165, 1.54) is 6.07 Å². The first kappa shape index (κ1) is 11.8. The Morgan fingerprint density at radius 2 is 2.20 bits per heavy atom. The molecule has 0 spiro atoms. The molecular weight excluding hydrogens is 229 g/mol. The van der Waals surface area contributed by atoms with E-state index in [1.54, 1.807) is 11.4 Å². The number of hydrogen-bond donors (Lipinski definition) is 1. The van der Waals surface area contributed by atoms with Gasteiger partial charge in [0.05, 0.1) is 0 Å². The molecule has 0 atom stereocenters. The van der Waals surface area contributed by atoms with Gasteiger partial charge in [0.15, 0.2) is 0 Å². The van der Waals surface area contributed by atoms with Crippen molar-refractivity contribution in [1.29, 1.82) is 0 Å². The van der Waals surface area contributed by atoms with Crippen LogP contribution in [-0.4, -0.2) is 17.3 Å². The molecule has 0 amide bonds. The fraction of sp³-hybridized carbons (Fsp3) is 0.222. The van der Waals surface area contributed by atoms with Crippen LogP contribution in [0.5, 0.6) is 0 Å². The lowest BCUT2D eigenvalue weighted by Gasteiger charge is -2.09. The van der Waals surface area contributed by atoms with Crippen LogP contribution in [0.25, 0.3) is 0 Å². The lowest BCUT2D eigenvalue weighted by Crippen LogP contribution is -2.15. The zero-order chi connectivity index (χ0) is 11.5. The second-order valence-electron chi connectivity index (χ2n) is 2.76. The fourth-order valence-corrected chi connectivity index (χ4v) is 1.71. The quantitative estimate of drug-likeness (QED) is 0.819. The Morgan fingerprint density at radius 3 is 2.60 bits per heavy atom. The molecule has 0 aliphatic rings. The molecule has 0 unspecified atom stereocenters. The number of carbonyl (C=O) groups is 1. The number of alkyl halides is 3. The lowest BCUT2D eigenvalue weighted by molar-refractivity contribution is -0.132. The van der Waals surface area contributed by atoms with Gasteiger partial charge >= 0.3 is 12.1 Å². The Labute approximate surface area is 87.7 Å². The summed E-state index contributed by atoms with van der Waals surface area (Å²) in [4.78, 5) is 10.7. The smallest absolute Gasteiger partial charge is 0.413 e. The number of halogens is 3. The third kappa shape index (κ3) is 3.75. The number of hydrogen-bond acceptors (Lipinski definition) is 2. The maximum Gasteiger partial charge on any atom is 0.413 e. The molecule has 0 aromatic carbocycles. The summed E-state index contributed by atoms with van der Waals surface area (Å²) in [6, 6.07) is 3.15. The molecule has 15 heavy (non-hydrogen) atoms. The van der Waals surface area contributed by atoms with E-state index in [-0.39, 0.29) is 6.08 Å². The summed E-state index contributed by atoms with van der Waals surface area (Å²) in [6.45, 7) is 0. The Kier molecular flexibility index (Phi) is 3.52. The predicted octanol–water partition coefficient (Wildman–Crippen LogP) is 2.86. The highest BCUT2D eigenvalue weighted by Gasteiger charge is 2.34. The molecule has 2 nitrogen and oxygen atoms in total. The molecule has 1 N–H and O–H groups in total. The second kappa shape index (κ2) is 4.48. The summed E-state index contributed by atoms with van der Waals surface area (Å²) in [5.74, 6) is -1.58. The number of allylic oxidation sites excluding steroid dienone is 1. The van der Waals surface area contributed by atoms with Crippen molar-refractivity contribution in [2.75, 3.05) is 0 Å². The number of carboxylic acid groups (broad SMARTS) is 1. The summed E-state index contributed by atoms with van der Waals surface area (Å²) < 4.78 is 37.0. The van der Waals surface area contributed by atoms with Crippen molar-refractivity contribution in [1.82, 2.24) is 0 Å². The van der Waals surface area contributed by atoms with Crippen LogP contribution in [0.1, 0.15) is 4.88 Å². The molecule has 0 fully saturated rings. The van der Waals surface area contributed by atoms with Crippen LogP contribution >= 0.6 is 11.3 Å². The molecule has 0 saturated carbocycles. The monoisotopic (exact) mass is 236 g/mol. The Bertz CT molecular complexity index is 365. The zero-order valence-corrected chi connectivity index (χ0v) is 8.23. The van der Waals surface area contributed by atoms with Gasteiger partial charge in [0.2, 0.25) is 0 Å². The molecule has 1 rings (SSSR count). The average Bonchev–Trinajstić information content (AvgIpc) is 2.53. The number of thiophene rings is 1. The third-order valence-corrected chi connectivity index (χ3v) is 2.48. The molecule has 0 radical (unpaired) electrons. The van der Waals surface area contributed by atoms with Crippen molar-refractivity contribution in [2.45, 2.75) is 12.6 Å². The zero-order valence-electron chi connectivity index (χ0n) is 7.41. The van der Waals surface area contributed by atoms with Crippen LogP contribution < -0.4 is 0 Å². The molecule has 0 saturated heterocycles. The molecule has 1 aromatic rings. The topological polar surface area (TPSA) is 37.3 Å². The first-order valence-electron chi connectivity index (χ1n) is 3.92. The molecule has 1 aromatic heterocycles. The van der Waals surface area contributed by atoms with E-state index in [4.69, 9.17) is 5.11 Å². The van der Waals surface area contributed by atoms with Crippen molar-refractivity contribution in [3.05, 3.63) is 34.0 Å². The standard InChI is InChI=1S/C9H7F3O2S/c10-9(11,12)6(5-8(13)14)4-7-2-1-3-15-7/h1-3,5H,4H2,(H,13,14)/b6-5+. The molecule has 1 heterocycles. The molecule has 0 bridgehead atoms. The normalized spacial score (nSPS) is 12.9. The minimum Gasteiger partial charge on any atom is -0.478 e. The van der Waals surface area contributed by atoms with Gasteiger partial charge in [-0.25, -0.2) is 4.79 Å². The molecule has 0 aliphatic carbocycles. The van der Waals surface area contributed by atoms with Crippen molar-refractivity contribution < 1.29 is 23.1 Å². The van der Waals surface area contributed by atoms with Crippen molar-refractivity contribution in [2.24, 2.45) is 0 Å². The number of carboxylic acids is 1. The highest BCUT2D eigenvalue weighted by atomic mass is 32.1. The summed E-state index contributed by atoms with van der Waals surface area (Å²) >= 11 is 1.16. The van der Waals surface area contributed by atoms with Crippen molar-refractivity contribution in [3.8, 4) is 0 Å². The van der Waals surface area contributed by atoms with E-state index in [9.17, 15) is 18.0 Å². The fourth-order valence-electron chi connectivity index (χ4n) is 0.983. The van der Waals surface area contributed by atoms with E-state index in [1.807, 2.05) is 0 Å². The highest BCUT2D eigenvalue weighted by molar-refractivity contribution is 7.09. The van der Waals surface area contributed by atoms with Gasteiger partial charge in [0, 0.05) is 22.9 Å². The first-order chi connectivity index (χ1) is 6.89. The number of rotatable bonds is 3. The Hall–Kier alpha value is -1.30. The minimum atomic E-state index is -4.59. The van der Waals surface area contributed by atoms with Crippen molar-refractivity contribution >= 4 is 17.3 Å². The maximum absolute atomic E-state index is 12.3. The predicted molar refractivity (Wildman–Crippen MR) is 49.8 cm³/mol. The van der Waals surface area contributed by atoms with Crippen molar-refractivity contribution in [3.63, 3.8) is 0 Å².